The molecule has 4 heteroatoms. The molecule has 1 aromatic heterocycles. The van der Waals surface area contributed by atoms with Crippen molar-refractivity contribution in [3.63, 3.8) is 0 Å². The maximum atomic E-state index is 11.4. The smallest absolute Gasteiger partial charge is 0.227 e. The van der Waals surface area contributed by atoms with Crippen molar-refractivity contribution < 1.29 is 4.79 Å². The van der Waals surface area contributed by atoms with E-state index in [9.17, 15) is 4.79 Å². The summed E-state index contributed by atoms with van der Waals surface area (Å²) in [5.74, 6) is 0.189. The van der Waals surface area contributed by atoms with Crippen LogP contribution in [0.5, 0.6) is 0 Å². The Morgan fingerprint density at radius 3 is 3.00 bits per heavy atom. The number of carbonyl (C=O) groups is 1. The molecule has 0 saturated carbocycles. The molecule has 1 aromatic rings. The molecule has 68 valence electrons. The van der Waals surface area contributed by atoms with E-state index in [1.165, 1.54) is 0 Å². The third kappa shape index (κ3) is 1.58. The van der Waals surface area contributed by atoms with Crippen LogP contribution >= 0.6 is 15.9 Å². The second-order valence-electron chi connectivity index (χ2n) is 2.96. The number of hydrogen-bond donors (Lipinski definition) is 0. The molecule has 0 N–H and O–H groups in total. The zero-order valence-electron chi connectivity index (χ0n) is 7.03. The molecule has 0 bridgehead atoms. The van der Waals surface area contributed by atoms with E-state index in [0.29, 0.717) is 6.42 Å². The van der Waals surface area contributed by atoms with Gasteiger partial charge in [0.15, 0.2) is 0 Å². The Morgan fingerprint density at radius 2 is 2.38 bits per heavy atom. The van der Waals surface area contributed by atoms with Crippen LogP contribution in [0.25, 0.3) is 0 Å². The normalized spacial score (nSPS) is 16.7. The topological polar surface area (TPSA) is 33.2 Å². The Labute approximate surface area is 84.9 Å². The average molecular weight is 241 g/mol. The van der Waals surface area contributed by atoms with E-state index in [4.69, 9.17) is 0 Å². The molecule has 2 heterocycles. The third-order valence-electron chi connectivity index (χ3n) is 2.10. The summed E-state index contributed by atoms with van der Waals surface area (Å²) in [6.07, 6.45) is 3.30. The molecule has 1 fully saturated rings. The van der Waals surface area contributed by atoms with Crippen molar-refractivity contribution in [2.24, 2.45) is 0 Å². The number of aromatic nitrogens is 1. The summed E-state index contributed by atoms with van der Waals surface area (Å²) in [6.45, 7) is 0.809. The monoisotopic (exact) mass is 240 g/mol. The molecule has 0 aliphatic carbocycles. The predicted molar refractivity (Wildman–Crippen MR) is 53.5 cm³/mol. The molecule has 1 aliphatic rings. The largest absolute Gasteiger partial charge is 0.310 e. The van der Waals surface area contributed by atoms with Gasteiger partial charge in [-0.25, -0.2) is 4.98 Å². The van der Waals surface area contributed by atoms with Gasteiger partial charge in [-0.05, 0) is 34.5 Å². The summed E-state index contributed by atoms with van der Waals surface area (Å²) in [6, 6.07) is 3.74. The summed E-state index contributed by atoms with van der Waals surface area (Å²) in [5.41, 5.74) is 0.880. The van der Waals surface area contributed by atoms with E-state index >= 15 is 0 Å². The zero-order valence-corrected chi connectivity index (χ0v) is 8.62. The van der Waals surface area contributed by atoms with Gasteiger partial charge in [-0.2, -0.15) is 0 Å². The summed E-state index contributed by atoms with van der Waals surface area (Å²) in [4.78, 5) is 17.3. The number of anilines is 1. The Balaban J connectivity index is 2.34. The summed E-state index contributed by atoms with van der Waals surface area (Å²) in [5, 5.41) is 0. The minimum atomic E-state index is 0.189. The molecule has 13 heavy (non-hydrogen) atoms. The lowest BCUT2D eigenvalue weighted by Gasteiger charge is -2.15. The van der Waals surface area contributed by atoms with Crippen LogP contribution in [-0.4, -0.2) is 17.4 Å². The first-order valence-electron chi connectivity index (χ1n) is 4.20. The van der Waals surface area contributed by atoms with Gasteiger partial charge in [0.05, 0.1) is 5.69 Å². The van der Waals surface area contributed by atoms with Crippen LogP contribution in [0.2, 0.25) is 0 Å². The third-order valence-corrected chi connectivity index (χ3v) is 2.71. The van der Waals surface area contributed by atoms with Crippen molar-refractivity contribution in [2.45, 2.75) is 12.8 Å². The molecule has 0 atom stereocenters. The van der Waals surface area contributed by atoms with Crippen LogP contribution in [0.15, 0.2) is 22.9 Å². The maximum absolute atomic E-state index is 11.4. The molecule has 0 aromatic carbocycles. The number of nitrogens with zero attached hydrogens (tertiary/aromatic N) is 2. The number of pyridine rings is 1. The SMILES string of the molecule is O=C1CCCN1c1cccnc1Br. The van der Waals surface area contributed by atoms with Crippen LogP contribution < -0.4 is 4.90 Å². The van der Waals surface area contributed by atoms with Crippen molar-refractivity contribution in [1.29, 1.82) is 0 Å². The van der Waals surface area contributed by atoms with Gasteiger partial charge < -0.3 is 4.90 Å². The van der Waals surface area contributed by atoms with Gasteiger partial charge in [-0.3, -0.25) is 4.79 Å². The Kier molecular flexibility index (Phi) is 2.31. The highest BCUT2D eigenvalue weighted by molar-refractivity contribution is 9.10. The molecule has 3 nitrogen and oxygen atoms in total. The highest BCUT2D eigenvalue weighted by Crippen LogP contribution is 2.27. The van der Waals surface area contributed by atoms with Gasteiger partial charge in [-0.1, -0.05) is 0 Å². The average Bonchev–Trinajstić information content (AvgIpc) is 2.52. The van der Waals surface area contributed by atoms with Gasteiger partial charge in [-0.15, -0.1) is 0 Å². The summed E-state index contributed by atoms with van der Waals surface area (Å²) < 4.78 is 0.741. The number of rotatable bonds is 1. The molecule has 1 aliphatic heterocycles. The van der Waals surface area contributed by atoms with Gasteiger partial charge in [0.25, 0.3) is 0 Å². The van der Waals surface area contributed by atoms with Gasteiger partial charge in [0, 0.05) is 19.2 Å². The molecular formula is C9H9BrN2O. The fraction of sp³-hybridized carbons (Fsp3) is 0.333. The van der Waals surface area contributed by atoms with Crippen molar-refractivity contribution in [3.05, 3.63) is 22.9 Å². The van der Waals surface area contributed by atoms with Crippen molar-refractivity contribution in [1.82, 2.24) is 4.98 Å². The van der Waals surface area contributed by atoms with Crippen molar-refractivity contribution in [2.75, 3.05) is 11.4 Å². The Morgan fingerprint density at radius 1 is 1.54 bits per heavy atom. The molecule has 0 spiro atoms. The number of amides is 1. The van der Waals surface area contributed by atoms with Crippen LogP contribution in [0, 0.1) is 0 Å². The van der Waals surface area contributed by atoms with E-state index in [1.807, 2.05) is 12.1 Å². The molecule has 2 rings (SSSR count). The second-order valence-corrected chi connectivity index (χ2v) is 3.71. The summed E-state index contributed by atoms with van der Waals surface area (Å²) >= 11 is 3.33. The zero-order chi connectivity index (χ0) is 9.26. The molecule has 1 saturated heterocycles. The van der Waals surface area contributed by atoms with Gasteiger partial charge in [0.1, 0.15) is 4.60 Å². The van der Waals surface area contributed by atoms with Crippen LogP contribution in [-0.2, 0) is 4.79 Å². The van der Waals surface area contributed by atoms with E-state index < -0.39 is 0 Å². The van der Waals surface area contributed by atoms with Crippen molar-refractivity contribution >= 4 is 27.5 Å². The fourth-order valence-corrected chi connectivity index (χ4v) is 1.95. The lowest BCUT2D eigenvalue weighted by atomic mass is 10.4. The lowest BCUT2D eigenvalue weighted by Crippen LogP contribution is -2.24. The standard InChI is InChI=1S/C9H9BrN2O/c10-9-7(3-1-5-11-9)12-6-2-4-8(12)13/h1,3,5H,2,4,6H2. The van der Waals surface area contributed by atoms with Crippen LogP contribution in [0.1, 0.15) is 12.8 Å². The predicted octanol–water partition coefficient (Wildman–Crippen LogP) is 1.97. The minimum absolute atomic E-state index is 0.189. The Hall–Kier alpha value is -0.900. The van der Waals surface area contributed by atoms with Gasteiger partial charge >= 0.3 is 0 Å². The molecule has 0 radical (unpaired) electrons. The van der Waals surface area contributed by atoms with E-state index in [-0.39, 0.29) is 5.91 Å². The minimum Gasteiger partial charge on any atom is -0.310 e. The van der Waals surface area contributed by atoms with E-state index in [1.54, 1.807) is 11.1 Å². The summed E-state index contributed by atoms with van der Waals surface area (Å²) in [7, 11) is 0. The second kappa shape index (κ2) is 3.46. The number of carbonyl (C=O) groups excluding carboxylic acids is 1. The first-order chi connectivity index (χ1) is 6.29. The molecular weight excluding hydrogens is 232 g/mol. The number of halogens is 1. The quantitative estimate of drug-likeness (QED) is 0.704. The molecule has 1 amide bonds. The highest BCUT2D eigenvalue weighted by Gasteiger charge is 2.23. The van der Waals surface area contributed by atoms with Crippen LogP contribution in [0.4, 0.5) is 5.69 Å². The fourth-order valence-electron chi connectivity index (χ4n) is 1.48. The van der Waals surface area contributed by atoms with Crippen LogP contribution in [0.3, 0.4) is 0 Å². The first-order valence-corrected chi connectivity index (χ1v) is 4.99. The highest BCUT2D eigenvalue weighted by atomic mass is 79.9. The lowest BCUT2D eigenvalue weighted by molar-refractivity contribution is -0.117. The number of hydrogen-bond acceptors (Lipinski definition) is 2. The first kappa shape index (κ1) is 8.69. The van der Waals surface area contributed by atoms with Crippen molar-refractivity contribution in [3.8, 4) is 0 Å². The van der Waals surface area contributed by atoms with E-state index in [0.717, 1.165) is 23.3 Å². The van der Waals surface area contributed by atoms with Gasteiger partial charge in [0.2, 0.25) is 5.91 Å². The maximum Gasteiger partial charge on any atom is 0.227 e. The Bertz CT molecular complexity index is 340. The molecule has 0 unspecified atom stereocenters. The van der Waals surface area contributed by atoms with E-state index in [2.05, 4.69) is 20.9 Å².